The molecule has 2 rings (SSSR count). The first kappa shape index (κ1) is 18.3. The topological polar surface area (TPSA) is 12.5 Å². The van der Waals surface area contributed by atoms with Gasteiger partial charge in [0, 0.05) is 18.6 Å². The smallest absolute Gasteiger partial charge is 0.0608 e. The Morgan fingerprint density at radius 3 is 2.14 bits per heavy atom. The minimum absolute atomic E-state index is 0.298. The summed E-state index contributed by atoms with van der Waals surface area (Å²) in [5.41, 5.74) is 0.298. The van der Waals surface area contributed by atoms with Crippen molar-refractivity contribution in [3.8, 4) is 0 Å². The van der Waals surface area contributed by atoms with Gasteiger partial charge in [0.1, 0.15) is 0 Å². The van der Waals surface area contributed by atoms with Gasteiger partial charge in [-0.3, -0.25) is 4.90 Å². The van der Waals surface area contributed by atoms with Crippen molar-refractivity contribution in [2.45, 2.75) is 97.8 Å². The Bertz CT molecular complexity index is 329. The van der Waals surface area contributed by atoms with Crippen LogP contribution in [0.5, 0.6) is 0 Å². The van der Waals surface area contributed by atoms with Crippen LogP contribution in [0, 0.1) is 17.8 Å². The number of rotatable bonds is 5. The second-order valence-electron chi connectivity index (χ2n) is 9.08. The molecule has 0 amide bonds. The maximum absolute atomic E-state index is 6.08. The van der Waals surface area contributed by atoms with E-state index in [0.29, 0.717) is 17.7 Å². The van der Waals surface area contributed by atoms with E-state index in [-0.39, 0.29) is 0 Å². The maximum Gasteiger partial charge on any atom is 0.0608 e. The van der Waals surface area contributed by atoms with Crippen LogP contribution in [0.3, 0.4) is 0 Å². The third-order valence-corrected chi connectivity index (χ3v) is 6.08. The van der Waals surface area contributed by atoms with E-state index in [4.69, 9.17) is 4.74 Å². The molecule has 1 unspecified atom stereocenters. The fourth-order valence-corrected chi connectivity index (χ4v) is 4.58. The molecule has 0 aromatic heterocycles. The Balaban J connectivity index is 1.81. The molecule has 0 N–H and O–H groups in total. The van der Waals surface area contributed by atoms with E-state index in [1.165, 1.54) is 51.6 Å². The Labute approximate surface area is 139 Å². The zero-order valence-corrected chi connectivity index (χ0v) is 15.9. The van der Waals surface area contributed by atoms with Gasteiger partial charge in [-0.05, 0) is 84.0 Å². The fourth-order valence-electron chi connectivity index (χ4n) is 4.58. The van der Waals surface area contributed by atoms with Crippen LogP contribution in [0.1, 0.15) is 80.1 Å². The Morgan fingerprint density at radius 1 is 1.00 bits per heavy atom. The van der Waals surface area contributed by atoms with Crippen LogP contribution in [0.15, 0.2) is 0 Å². The molecule has 2 heteroatoms. The fraction of sp³-hybridized carbons (Fsp3) is 1.00. The highest BCUT2D eigenvalue weighted by molar-refractivity contribution is 4.91. The predicted molar refractivity (Wildman–Crippen MR) is 95.2 cm³/mol. The standard InChI is InChI=1S/C20H39NO/c1-15(2)18-9-7-17(8-10-18)14-21-12-11-19(22-16(3)4)13-20(21,5)6/h15-19H,7-14H2,1-6H3. The highest BCUT2D eigenvalue weighted by Crippen LogP contribution is 2.36. The first-order valence-corrected chi connectivity index (χ1v) is 9.68. The van der Waals surface area contributed by atoms with Crippen molar-refractivity contribution in [1.82, 2.24) is 4.90 Å². The minimum atomic E-state index is 0.298. The maximum atomic E-state index is 6.08. The largest absolute Gasteiger partial charge is 0.375 e. The summed E-state index contributed by atoms with van der Waals surface area (Å²) in [4.78, 5) is 2.76. The van der Waals surface area contributed by atoms with Gasteiger partial charge in [0.2, 0.25) is 0 Å². The van der Waals surface area contributed by atoms with Crippen LogP contribution < -0.4 is 0 Å². The number of ether oxygens (including phenoxy) is 1. The zero-order valence-electron chi connectivity index (χ0n) is 15.9. The second-order valence-corrected chi connectivity index (χ2v) is 9.08. The highest BCUT2D eigenvalue weighted by atomic mass is 16.5. The summed E-state index contributed by atoms with van der Waals surface area (Å²) in [6.07, 6.45) is 9.02. The molecule has 2 aliphatic rings. The van der Waals surface area contributed by atoms with E-state index in [2.05, 4.69) is 46.4 Å². The molecule has 0 spiro atoms. The van der Waals surface area contributed by atoms with Gasteiger partial charge in [-0.1, -0.05) is 13.8 Å². The first-order valence-electron chi connectivity index (χ1n) is 9.68. The highest BCUT2D eigenvalue weighted by Gasteiger charge is 2.37. The van der Waals surface area contributed by atoms with Gasteiger partial charge < -0.3 is 4.74 Å². The molecule has 1 aliphatic heterocycles. The molecule has 2 fully saturated rings. The van der Waals surface area contributed by atoms with E-state index >= 15 is 0 Å². The molecule has 22 heavy (non-hydrogen) atoms. The molecular weight excluding hydrogens is 270 g/mol. The van der Waals surface area contributed by atoms with Gasteiger partial charge in [-0.25, -0.2) is 0 Å². The van der Waals surface area contributed by atoms with Crippen molar-refractivity contribution in [2.75, 3.05) is 13.1 Å². The quantitative estimate of drug-likeness (QED) is 0.699. The molecule has 1 heterocycles. The van der Waals surface area contributed by atoms with E-state index < -0.39 is 0 Å². The molecule has 0 radical (unpaired) electrons. The molecule has 0 bridgehead atoms. The van der Waals surface area contributed by atoms with Gasteiger partial charge in [-0.15, -0.1) is 0 Å². The van der Waals surface area contributed by atoms with Crippen LogP contribution in [0.2, 0.25) is 0 Å². The van der Waals surface area contributed by atoms with Crippen molar-refractivity contribution < 1.29 is 4.74 Å². The molecule has 2 nitrogen and oxygen atoms in total. The van der Waals surface area contributed by atoms with Gasteiger partial charge >= 0.3 is 0 Å². The summed E-state index contributed by atoms with van der Waals surface area (Å²) in [5, 5.41) is 0. The molecule has 130 valence electrons. The average Bonchev–Trinajstić information content (AvgIpc) is 2.41. The normalized spacial score (nSPS) is 33.5. The summed E-state index contributed by atoms with van der Waals surface area (Å²) in [7, 11) is 0. The zero-order chi connectivity index (χ0) is 16.3. The van der Waals surface area contributed by atoms with Gasteiger partial charge in [0.25, 0.3) is 0 Å². The van der Waals surface area contributed by atoms with Crippen molar-refractivity contribution in [1.29, 1.82) is 0 Å². The van der Waals surface area contributed by atoms with E-state index in [1.54, 1.807) is 0 Å². The lowest BCUT2D eigenvalue weighted by Crippen LogP contribution is -2.53. The van der Waals surface area contributed by atoms with Gasteiger partial charge in [0.15, 0.2) is 0 Å². The lowest BCUT2D eigenvalue weighted by Gasteiger charge is -2.48. The predicted octanol–water partition coefficient (Wildman–Crippen LogP) is 5.12. The van der Waals surface area contributed by atoms with Gasteiger partial charge in [-0.2, -0.15) is 0 Å². The van der Waals surface area contributed by atoms with Crippen LogP contribution in [0.4, 0.5) is 0 Å². The summed E-state index contributed by atoms with van der Waals surface area (Å²) >= 11 is 0. The number of hydrogen-bond donors (Lipinski definition) is 0. The van der Waals surface area contributed by atoms with Crippen molar-refractivity contribution >= 4 is 0 Å². The Kier molecular flexibility index (Phi) is 6.36. The Morgan fingerprint density at radius 2 is 1.64 bits per heavy atom. The lowest BCUT2D eigenvalue weighted by atomic mass is 9.76. The second kappa shape index (κ2) is 7.66. The summed E-state index contributed by atoms with van der Waals surface area (Å²) in [6.45, 7) is 16.5. The molecule has 1 atom stereocenters. The molecule has 0 aromatic carbocycles. The summed E-state index contributed by atoms with van der Waals surface area (Å²) in [5.74, 6) is 2.78. The summed E-state index contributed by atoms with van der Waals surface area (Å²) in [6, 6.07) is 0. The van der Waals surface area contributed by atoms with Gasteiger partial charge in [0.05, 0.1) is 12.2 Å². The minimum Gasteiger partial charge on any atom is -0.375 e. The number of piperidine rings is 1. The molecule has 1 saturated carbocycles. The van der Waals surface area contributed by atoms with Crippen LogP contribution in [-0.4, -0.2) is 35.7 Å². The third kappa shape index (κ3) is 4.96. The molecule has 1 saturated heterocycles. The molecule has 1 aliphatic carbocycles. The third-order valence-electron chi connectivity index (χ3n) is 6.08. The number of nitrogens with zero attached hydrogens (tertiary/aromatic N) is 1. The van der Waals surface area contributed by atoms with Crippen molar-refractivity contribution in [2.24, 2.45) is 17.8 Å². The lowest BCUT2D eigenvalue weighted by molar-refractivity contribution is -0.0714. The van der Waals surface area contributed by atoms with E-state index in [1.807, 2.05) is 0 Å². The van der Waals surface area contributed by atoms with Crippen LogP contribution >= 0.6 is 0 Å². The van der Waals surface area contributed by atoms with Crippen molar-refractivity contribution in [3.63, 3.8) is 0 Å². The first-order chi connectivity index (χ1) is 10.3. The monoisotopic (exact) mass is 309 g/mol. The van der Waals surface area contributed by atoms with Crippen LogP contribution in [-0.2, 0) is 4.74 Å². The summed E-state index contributed by atoms with van der Waals surface area (Å²) < 4.78 is 6.08. The molecule has 0 aromatic rings. The average molecular weight is 310 g/mol. The van der Waals surface area contributed by atoms with Crippen LogP contribution in [0.25, 0.3) is 0 Å². The number of hydrogen-bond acceptors (Lipinski definition) is 2. The van der Waals surface area contributed by atoms with E-state index in [0.717, 1.165) is 17.8 Å². The van der Waals surface area contributed by atoms with Crippen molar-refractivity contribution in [3.05, 3.63) is 0 Å². The SMILES string of the molecule is CC(C)OC1CCN(CC2CCC(C(C)C)CC2)C(C)(C)C1. The molecular formula is C20H39NO. The van der Waals surface area contributed by atoms with E-state index in [9.17, 15) is 0 Å². The number of likely N-dealkylation sites (tertiary alicyclic amines) is 1. The Hall–Kier alpha value is -0.0800.